The van der Waals surface area contributed by atoms with Gasteiger partial charge in [0.2, 0.25) is 17.5 Å². The van der Waals surface area contributed by atoms with E-state index in [2.05, 4.69) is 31.6 Å². The summed E-state index contributed by atoms with van der Waals surface area (Å²) < 4.78 is 35.2. The molecule has 11 nitrogen and oxygen atoms in total. The number of rotatable bonds is 8. The van der Waals surface area contributed by atoms with E-state index in [9.17, 15) is 18.4 Å². The Bertz CT molecular complexity index is 1420. The van der Waals surface area contributed by atoms with Crippen LogP contribution in [0.4, 0.5) is 31.7 Å². The molecule has 4 heterocycles. The number of halogens is 2. The van der Waals surface area contributed by atoms with Gasteiger partial charge in [0.15, 0.2) is 5.82 Å². The number of morpholine rings is 1. The van der Waals surface area contributed by atoms with Crippen molar-refractivity contribution in [2.24, 2.45) is 0 Å². The summed E-state index contributed by atoms with van der Waals surface area (Å²) in [5.41, 5.74) is 0.368. The molecular weight excluding hydrogens is 546 g/mol. The summed E-state index contributed by atoms with van der Waals surface area (Å²) in [6.07, 6.45) is -1.16. The number of aromatic nitrogens is 2. The summed E-state index contributed by atoms with van der Waals surface area (Å²) >= 11 is 0. The number of hydrogen-bond acceptors (Lipinski definition) is 9. The summed E-state index contributed by atoms with van der Waals surface area (Å²) in [5.74, 6) is 0.228. The van der Waals surface area contributed by atoms with Crippen molar-refractivity contribution in [3.8, 4) is 11.4 Å². The number of carbonyl (C=O) groups excluding carboxylic acids is 2. The Morgan fingerprint density at radius 3 is 2.40 bits per heavy atom. The highest BCUT2D eigenvalue weighted by Crippen LogP contribution is 2.43. The largest absolute Gasteiger partial charge is 0.378 e. The van der Waals surface area contributed by atoms with E-state index in [1.165, 1.54) is 0 Å². The molecule has 0 radical (unpaired) electrons. The van der Waals surface area contributed by atoms with Crippen LogP contribution in [0, 0.1) is 0 Å². The van der Waals surface area contributed by atoms with Crippen molar-refractivity contribution in [2.45, 2.75) is 31.0 Å². The van der Waals surface area contributed by atoms with Gasteiger partial charge in [0, 0.05) is 30.4 Å². The van der Waals surface area contributed by atoms with Gasteiger partial charge in [-0.15, -0.1) is 0 Å². The molecule has 220 valence electrons. The number of alkyl halides is 2. The lowest BCUT2D eigenvalue weighted by molar-refractivity contribution is -0.125. The number of fused-ring (bicyclic) bond motifs is 1. The van der Waals surface area contributed by atoms with Crippen molar-refractivity contribution in [3.63, 3.8) is 0 Å². The fraction of sp³-hybridized carbons (Fsp3) is 0.379. The molecule has 0 spiro atoms. The molecule has 2 amide bonds. The van der Waals surface area contributed by atoms with Crippen molar-refractivity contribution in [1.29, 1.82) is 0 Å². The number of para-hydroxylation sites is 2. The van der Waals surface area contributed by atoms with Gasteiger partial charge >= 0.3 is 0 Å². The fourth-order valence-electron chi connectivity index (χ4n) is 5.33. The van der Waals surface area contributed by atoms with Gasteiger partial charge in [-0.05, 0) is 55.8 Å². The molecule has 42 heavy (non-hydrogen) atoms. The monoisotopic (exact) mass is 578 g/mol. The van der Waals surface area contributed by atoms with Crippen LogP contribution < -0.4 is 31.5 Å². The molecule has 0 unspecified atom stereocenters. The maximum atomic E-state index is 14.8. The molecule has 1 aromatic heterocycles. The molecule has 5 N–H and O–H groups in total. The lowest BCUT2D eigenvalue weighted by Crippen LogP contribution is -2.47. The first-order chi connectivity index (χ1) is 20.4. The molecule has 0 saturated carbocycles. The smallest absolute Gasteiger partial charge is 0.285 e. The minimum Gasteiger partial charge on any atom is -0.378 e. The Labute approximate surface area is 241 Å². The Kier molecular flexibility index (Phi) is 7.85. The van der Waals surface area contributed by atoms with Gasteiger partial charge in [-0.2, -0.15) is 0 Å². The maximum absolute atomic E-state index is 14.8. The lowest BCUT2D eigenvalue weighted by Gasteiger charge is -2.32. The van der Waals surface area contributed by atoms with Crippen LogP contribution in [0.3, 0.4) is 0 Å². The van der Waals surface area contributed by atoms with Gasteiger partial charge in [0.05, 0.1) is 42.9 Å². The van der Waals surface area contributed by atoms with E-state index in [0.29, 0.717) is 54.7 Å². The van der Waals surface area contributed by atoms with E-state index in [1.807, 2.05) is 4.90 Å². The number of nitrogens with one attached hydrogen (secondary N) is 5. The second kappa shape index (κ2) is 11.9. The number of amides is 2. The summed E-state index contributed by atoms with van der Waals surface area (Å²) in [7, 11) is 0. The quantitative estimate of drug-likeness (QED) is 0.274. The van der Waals surface area contributed by atoms with E-state index in [-0.39, 0.29) is 35.9 Å². The molecule has 2 fully saturated rings. The number of ether oxygens (including phenoxy) is 1. The van der Waals surface area contributed by atoms with Crippen LogP contribution in [0.2, 0.25) is 0 Å². The molecule has 1 atom stereocenters. The Hall–Kier alpha value is -4.36. The molecule has 2 saturated heterocycles. The first kappa shape index (κ1) is 27.8. The van der Waals surface area contributed by atoms with Crippen LogP contribution in [0.1, 0.15) is 18.5 Å². The number of anilines is 4. The van der Waals surface area contributed by atoms with Crippen molar-refractivity contribution < 1.29 is 23.1 Å². The molecular formula is C29H32F2N8O3. The van der Waals surface area contributed by atoms with Gasteiger partial charge in [0.1, 0.15) is 5.82 Å². The van der Waals surface area contributed by atoms with Crippen LogP contribution in [0.15, 0.2) is 54.6 Å². The molecule has 3 aliphatic heterocycles. The molecule has 13 heteroatoms. The number of nitrogens with zero attached hydrogens (tertiary/aromatic N) is 3. The first-order valence-corrected chi connectivity index (χ1v) is 14.0. The maximum Gasteiger partial charge on any atom is 0.285 e. The molecule has 0 bridgehead atoms. The fourth-order valence-corrected chi connectivity index (χ4v) is 5.33. The first-order valence-electron chi connectivity index (χ1n) is 14.0. The SMILES string of the molecule is O=C(CNC(=O)[C@@H]1CCCN1)Nc1ccc(-c2nc(N3CCOCC3)cc(C3(C(F)F)Nc4ccccc4N3)n2)cc1. The van der Waals surface area contributed by atoms with Crippen molar-refractivity contribution >= 4 is 34.7 Å². The highest BCUT2D eigenvalue weighted by atomic mass is 19.3. The van der Waals surface area contributed by atoms with Crippen molar-refractivity contribution in [1.82, 2.24) is 20.6 Å². The van der Waals surface area contributed by atoms with Crippen molar-refractivity contribution in [2.75, 3.05) is 60.2 Å². The van der Waals surface area contributed by atoms with Crippen LogP contribution in [-0.2, 0) is 20.0 Å². The van der Waals surface area contributed by atoms with Gasteiger partial charge in [-0.25, -0.2) is 18.7 Å². The molecule has 3 aliphatic rings. The molecule has 6 rings (SSSR count). The van der Waals surface area contributed by atoms with Crippen LogP contribution >= 0.6 is 0 Å². The van der Waals surface area contributed by atoms with E-state index in [0.717, 1.165) is 19.4 Å². The van der Waals surface area contributed by atoms with E-state index >= 15 is 0 Å². The number of carbonyl (C=O) groups is 2. The highest BCUT2D eigenvalue weighted by molar-refractivity contribution is 5.95. The van der Waals surface area contributed by atoms with Gasteiger partial charge in [-0.3, -0.25) is 9.59 Å². The topological polar surface area (TPSA) is 133 Å². The minimum atomic E-state index is -2.84. The van der Waals surface area contributed by atoms with Crippen LogP contribution in [-0.4, -0.2) is 73.6 Å². The second-order valence-electron chi connectivity index (χ2n) is 10.4. The summed E-state index contributed by atoms with van der Waals surface area (Å²) in [5, 5.41) is 14.4. The molecule has 3 aromatic rings. The van der Waals surface area contributed by atoms with Gasteiger partial charge in [-0.1, -0.05) is 12.1 Å². The highest BCUT2D eigenvalue weighted by Gasteiger charge is 2.48. The van der Waals surface area contributed by atoms with E-state index in [4.69, 9.17) is 9.72 Å². The van der Waals surface area contributed by atoms with Gasteiger partial charge in [0.25, 0.3) is 6.43 Å². The van der Waals surface area contributed by atoms with Crippen LogP contribution in [0.5, 0.6) is 0 Å². The van der Waals surface area contributed by atoms with Crippen molar-refractivity contribution in [3.05, 3.63) is 60.3 Å². The van der Waals surface area contributed by atoms with Gasteiger partial charge < -0.3 is 36.2 Å². The third-order valence-electron chi connectivity index (χ3n) is 7.60. The summed E-state index contributed by atoms with van der Waals surface area (Å²) in [4.78, 5) is 35.9. The average Bonchev–Trinajstić information content (AvgIpc) is 3.70. The lowest BCUT2D eigenvalue weighted by atomic mass is 10.1. The van der Waals surface area contributed by atoms with E-state index in [1.54, 1.807) is 54.6 Å². The third kappa shape index (κ3) is 5.70. The molecule has 2 aromatic carbocycles. The Balaban J connectivity index is 1.24. The normalized spacial score (nSPS) is 19.1. The van der Waals surface area contributed by atoms with Crippen LogP contribution in [0.25, 0.3) is 11.4 Å². The summed E-state index contributed by atoms with van der Waals surface area (Å²) in [6.45, 7) is 2.78. The third-order valence-corrected chi connectivity index (χ3v) is 7.60. The minimum absolute atomic E-state index is 0.102. The standard InChI is InChI=1S/C29H32F2N8O3/c30-28(31)29(37-20-4-1-2-5-21(20)38-29)23-16-24(39-12-14-42-15-13-39)36-26(35-23)18-7-9-19(10-8-18)34-25(40)17-33-27(41)22-6-3-11-32-22/h1-2,4-5,7-10,16,22,28,32,37-38H,3,6,11-15,17H2,(H,33,41)(H,34,40)/t22-/m0/s1. The average molecular weight is 579 g/mol. The number of benzene rings is 2. The Morgan fingerprint density at radius 1 is 1.05 bits per heavy atom. The zero-order valence-electron chi connectivity index (χ0n) is 22.8. The zero-order valence-corrected chi connectivity index (χ0v) is 22.8. The number of hydrogen-bond donors (Lipinski definition) is 5. The molecule has 0 aliphatic carbocycles. The second-order valence-corrected chi connectivity index (χ2v) is 10.4. The predicted octanol–water partition coefficient (Wildman–Crippen LogP) is 2.74. The summed E-state index contributed by atoms with van der Waals surface area (Å²) in [6, 6.07) is 15.2. The predicted molar refractivity (Wildman–Crippen MR) is 155 cm³/mol. The Morgan fingerprint density at radius 2 is 1.76 bits per heavy atom. The zero-order chi connectivity index (χ0) is 29.1. The van der Waals surface area contributed by atoms with E-state index < -0.39 is 12.1 Å².